The first-order valence-corrected chi connectivity index (χ1v) is 6.50. The molecule has 2 aromatic rings. The summed E-state index contributed by atoms with van der Waals surface area (Å²) in [5, 5.41) is 5.26. The van der Waals surface area contributed by atoms with Crippen molar-refractivity contribution < 1.29 is 0 Å². The highest BCUT2D eigenvalue weighted by Crippen LogP contribution is 2.23. The molecule has 2 heterocycles. The van der Waals surface area contributed by atoms with Crippen molar-refractivity contribution in [1.29, 1.82) is 0 Å². The Hall–Kier alpha value is -1.46. The summed E-state index contributed by atoms with van der Waals surface area (Å²) in [7, 11) is 0. The summed E-state index contributed by atoms with van der Waals surface area (Å²) in [6.07, 6.45) is 4.60. The number of aromatic nitrogens is 2. The van der Waals surface area contributed by atoms with E-state index in [1.165, 1.54) is 4.88 Å². The van der Waals surface area contributed by atoms with Crippen LogP contribution in [-0.2, 0) is 0 Å². The summed E-state index contributed by atoms with van der Waals surface area (Å²) < 4.78 is 0. The van der Waals surface area contributed by atoms with Gasteiger partial charge in [0.2, 0.25) is 5.95 Å². The minimum atomic E-state index is 0.299. The maximum atomic E-state index is 5.49. The Morgan fingerprint density at radius 1 is 1.41 bits per heavy atom. The highest BCUT2D eigenvalue weighted by Gasteiger charge is 2.04. The molecule has 0 saturated carbocycles. The van der Waals surface area contributed by atoms with E-state index in [9.17, 15) is 0 Å². The molecule has 5 heteroatoms. The maximum Gasteiger partial charge on any atom is 0.222 e. The van der Waals surface area contributed by atoms with Crippen LogP contribution in [0.3, 0.4) is 0 Å². The summed E-state index contributed by atoms with van der Waals surface area (Å²) in [5.74, 6) is 0.659. The third-order valence-corrected chi connectivity index (χ3v) is 3.35. The zero-order chi connectivity index (χ0) is 12.1. The molecule has 0 fully saturated rings. The molecule has 0 aliphatic heterocycles. The molecule has 1 atom stereocenters. The summed E-state index contributed by atoms with van der Waals surface area (Å²) >= 11 is 1.69. The monoisotopic (exact) mass is 248 g/mol. The Bertz CT molecular complexity index is 438. The van der Waals surface area contributed by atoms with E-state index in [2.05, 4.69) is 28.3 Å². The molecule has 0 spiro atoms. The second kappa shape index (κ2) is 5.75. The van der Waals surface area contributed by atoms with Crippen molar-refractivity contribution >= 4 is 17.3 Å². The molecule has 0 radical (unpaired) electrons. The average molecular weight is 248 g/mol. The number of rotatable bonds is 5. The number of hydrogen-bond donors (Lipinski definition) is 2. The lowest BCUT2D eigenvalue weighted by atomic mass is 10.2. The van der Waals surface area contributed by atoms with Crippen molar-refractivity contribution in [3.8, 4) is 10.4 Å². The fourth-order valence-electron chi connectivity index (χ4n) is 1.52. The van der Waals surface area contributed by atoms with E-state index in [0.29, 0.717) is 18.5 Å². The lowest BCUT2D eigenvalue weighted by Gasteiger charge is -2.12. The lowest BCUT2D eigenvalue weighted by molar-refractivity contribution is 0.709. The maximum absolute atomic E-state index is 5.49. The van der Waals surface area contributed by atoms with Crippen LogP contribution in [-0.4, -0.2) is 22.6 Å². The lowest BCUT2D eigenvalue weighted by Crippen LogP contribution is -2.20. The van der Waals surface area contributed by atoms with Crippen LogP contribution in [0.5, 0.6) is 0 Å². The summed E-state index contributed by atoms with van der Waals surface area (Å²) in [4.78, 5) is 9.79. The first kappa shape index (κ1) is 12.0. The zero-order valence-corrected chi connectivity index (χ0v) is 10.6. The van der Waals surface area contributed by atoms with Gasteiger partial charge in [0.15, 0.2) is 0 Å². The van der Waals surface area contributed by atoms with Gasteiger partial charge in [-0.2, -0.15) is 0 Å². The molecule has 0 aromatic carbocycles. The molecule has 0 bridgehead atoms. The molecular weight excluding hydrogens is 232 g/mol. The van der Waals surface area contributed by atoms with Crippen LogP contribution in [0.2, 0.25) is 0 Å². The molecule has 3 N–H and O–H groups in total. The van der Waals surface area contributed by atoms with Crippen LogP contribution in [0.25, 0.3) is 10.4 Å². The van der Waals surface area contributed by atoms with Gasteiger partial charge in [-0.25, -0.2) is 9.97 Å². The second-order valence-corrected chi connectivity index (χ2v) is 4.84. The van der Waals surface area contributed by atoms with Crippen molar-refractivity contribution in [3.05, 3.63) is 29.9 Å². The second-order valence-electron chi connectivity index (χ2n) is 3.90. The molecule has 0 saturated heterocycles. The van der Waals surface area contributed by atoms with Gasteiger partial charge < -0.3 is 11.1 Å². The third kappa shape index (κ3) is 3.25. The first-order valence-electron chi connectivity index (χ1n) is 5.62. The molecule has 17 heavy (non-hydrogen) atoms. The van der Waals surface area contributed by atoms with E-state index in [1.807, 2.05) is 23.8 Å². The van der Waals surface area contributed by atoms with E-state index >= 15 is 0 Å². The Morgan fingerprint density at radius 3 is 2.76 bits per heavy atom. The topological polar surface area (TPSA) is 63.8 Å². The molecule has 4 nitrogen and oxygen atoms in total. The fraction of sp³-hybridized carbons (Fsp3) is 0.333. The highest BCUT2D eigenvalue weighted by molar-refractivity contribution is 7.13. The molecular formula is C12H16N4S. The van der Waals surface area contributed by atoms with Crippen LogP contribution >= 0.6 is 11.3 Å². The molecule has 90 valence electrons. The number of anilines is 1. The van der Waals surface area contributed by atoms with Crippen LogP contribution in [0, 0.1) is 0 Å². The van der Waals surface area contributed by atoms with Crippen molar-refractivity contribution in [2.75, 3.05) is 11.9 Å². The van der Waals surface area contributed by atoms with E-state index in [4.69, 9.17) is 5.73 Å². The van der Waals surface area contributed by atoms with Gasteiger partial charge >= 0.3 is 0 Å². The highest BCUT2D eigenvalue weighted by atomic mass is 32.1. The summed E-state index contributed by atoms with van der Waals surface area (Å²) in [5.41, 5.74) is 6.54. The van der Waals surface area contributed by atoms with Gasteiger partial charge in [0, 0.05) is 28.9 Å². The van der Waals surface area contributed by atoms with Crippen molar-refractivity contribution in [2.24, 2.45) is 5.73 Å². The number of thiophene rings is 1. The van der Waals surface area contributed by atoms with Gasteiger partial charge in [0.1, 0.15) is 0 Å². The van der Waals surface area contributed by atoms with Gasteiger partial charge in [0.25, 0.3) is 0 Å². The van der Waals surface area contributed by atoms with Crippen molar-refractivity contribution in [1.82, 2.24) is 9.97 Å². The van der Waals surface area contributed by atoms with Crippen LogP contribution in [0.4, 0.5) is 5.95 Å². The van der Waals surface area contributed by atoms with Gasteiger partial charge in [-0.3, -0.25) is 0 Å². The first-order chi connectivity index (χ1) is 8.29. The Labute approximate surface area is 105 Å². The normalized spacial score (nSPS) is 12.4. The van der Waals surface area contributed by atoms with Crippen molar-refractivity contribution in [2.45, 2.75) is 19.4 Å². The zero-order valence-electron chi connectivity index (χ0n) is 9.76. The van der Waals surface area contributed by atoms with E-state index in [0.717, 1.165) is 12.0 Å². The van der Waals surface area contributed by atoms with Crippen LogP contribution in [0.15, 0.2) is 29.9 Å². The number of nitrogens with two attached hydrogens (primary N) is 1. The van der Waals surface area contributed by atoms with E-state index in [1.54, 1.807) is 11.3 Å². The molecule has 2 aromatic heterocycles. The Balaban J connectivity index is 2.03. The predicted octanol–water partition coefficient (Wildman–Crippen LogP) is 2.35. The minimum Gasteiger partial charge on any atom is -0.352 e. The number of nitrogens with one attached hydrogen (secondary N) is 1. The van der Waals surface area contributed by atoms with E-state index < -0.39 is 0 Å². The largest absolute Gasteiger partial charge is 0.352 e. The average Bonchev–Trinajstić information content (AvgIpc) is 2.84. The number of nitrogens with zero attached hydrogens (tertiary/aromatic N) is 2. The molecule has 1 unspecified atom stereocenters. The number of hydrogen-bond acceptors (Lipinski definition) is 5. The Morgan fingerprint density at radius 2 is 2.18 bits per heavy atom. The standard InChI is InChI=1S/C12H16N4S/c1-9(4-5-13)16-12-14-7-10(8-15-12)11-3-2-6-17-11/h2-3,6-9H,4-5,13H2,1H3,(H,14,15,16). The SMILES string of the molecule is CC(CCN)Nc1ncc(-c2cccs2)cn1. The summed E-state index contributed by atoms with van der Waals surface area (Å²) in [6.45, 7) is 2.74. The quantitative estimate of drug-likeness (QED) is 0.852. The smallest absolute Gasteiger partial charge is 0.222 e. The Kier molecular flexibility index (Phi) is 4.06. The molecule has 0 amide bonds. The van der Waals surface area contributed by atoms with E-state index in [-0.39, 0.29) is 0 Å². The van der Waals surface area contributed by atoms with Gasteiger partial charge in [-0.05, 0) is 31.3 Å². The van der Waals surface area contributed by atoms with Crippen LogP contribution < -0.4 is 11.1 Å². The summed E-state index contributed by atoms with van der Waals surface area (Å²) in [6, 6.07) is 4.38. The third-order valence-electron chi connectivity index (χ3n) is 2.43. The van der Waals surface area contributed by atoms with Gasteiger partial charge in [0.05, 0.1) is 0 Å². The molecule has 0 aliphatic rings. The van der Waals surface area contributed by atoms with Gasteiger partial charge in [-0.1, -0.05) is 6.07 Å². The van der Waals surface area contributed by atoms with Crippen LogP contribution in [0.1, 0.15) is 13.3 Å². The predicted molar refractivity (Wildman–Crippen MR) is 72.1 cm³/mol. The fourth-order valence-corrected chi connectivity index (χ4v) is 2.22. The van der Waals surface area contributed by atoms with Crippen molar-refractivity contribution in [3.63, 3.8) is 0 Å². The molecule has 2 rings (SSSR count). The van der Waals surface area contributed by atoms with Gasteiger partial charge in [-0.15, -0.1) is 11.3 Å². The minimum absolute atomic E-state index is 0.299. The molecule has 0 aliphatic carbocycles.